The van der Waals surface area contributed by atoms with Crippen LogP contribution in [0.25, 0.3) is 0 Å². The maximum Gasteiger partial charge on any atom is 0.254 e. The minimum Gasteiger partial charge on any atom is -0.338 e. The smallest absolute Gasteiger partial charge is 0.254 e. The molecule has 138 valence electrons. The third-order valence-corrected chi connectivity index (χ3v) is 7.35. The maximum atomic E-state index is 13.2. The number of hydrogen-bond donors (Lipinski definition) is 0. The van der Waals surface area contributed by atoms with Crippen LogP contribution in [0.15, 0.2) is 36.7 Å². The summed E-state index contributed by atoms with van der Waals surface area (Å²) >= 11 is 0. The second-order valence-electron chi connectivity index (χ2n) is 7.43. The van der Waals surface area contributed by atoms with Gasteiger partial charge in [-0.25, -0.2) is 13.1 Å². The summed E-state index contributed by atoms with van der Waals surface area (Å²) < 4.78 is 25.6. The summed E-state index contributed by atoms with van der Waals surface area (Å²) in [4.78, 5) is 15.0. The SMILES string of the molecule is O=C(c1ccccc1Cn1ccnn1)N1CCCC2(CCS(=O)(=O)C2)C1. The lowest BCUT2D eigenvalue weighted by Gasteiger charge is -2.40. The Kier molecular flexibility index (Phi) is 4.30. The van der Waals surface area contributed by atoms with Crippen molar-refractivity contribution in [2.24, 2.45) is 5.41 Å². The van der Waals surface area contributed by atoms with E-state index in [-0.39, 0.29) is 22.8 Å². The lowest BCUT2D eigenvalue weighted by atomic mass is 9.79. The van der Waals surface area contributed by atoms with Crippen LogP contribution in [-0.4, -0.2) is 58.8 Å². The Morgan fingerprint density at radius 3 is 2.81 bits per heavy atom. The van der Waals surface area contributed by atoms with Gasteiger partial charge in [-0.2, -0.15) is 0 Å². The number of carbonyl (C=O) groups excluding carboxylic acids is 1. The minimum absolute atomic E-state index is 0.0240. The molecule has 7 nitrogen and oxygen atoms in total. The molecular formula is C18H22N4O3S. The molecule has 2 aliphatic heterocycles. The summed E-state index contributed by atoms with van der Waals surface area (Å²) in [7, 11) is -2.97. The number of piperidine rings is 1. The van der Waals surface area contributed by atoms with E-state index in [4.69, 9.17) is 0 Å². The monoisotopic (exact) mass is 374 g/mol. The Labute approximate surface area is 152 Å². The fourth-order valence-electron chi connectivity index (χ4n) is 4.21. The fourth-order valence-corrected chi connectivity index (χ4v) is 6.42. The van der Waals surface area contributed by atoms with Crippen LogP contribution in [0, 0.1) is 5.41 Å². The molecule has 1 unspecified atom stereocenters. The third-order valence-electron chi connectivity index (χ3n) is 5.47. The van der Waals surface area contributed by atoms with Gasteiger partial charge in [-0.15, -0.1) is 5.10 Å². The molecule has 1 aromatic carbocycles. The highest BCUT2D eigenvalue weighted by atomic mass is 32.2. The molecule has 2 aliphatic rings. The molecule has 1 amide bonds. The Morgan fingerprint density at radius 1 is 1.23 bits per heavy atom. The van der Waals surface area contributed by atoms with Crippen molar-refractivity contribution >= 4 is 15.7 Å². The van der Waals surface area contributed by atoms with Crippen molar-refractivity contribution in [1.29, 1.82) is 0 Å². The number of rotatable bonds is 3. The number of amides is 1. The summed E-state index contributed by atoms with van der Waals surface area (Å²) in [6.45, 7) is 1.69. The van der Waals surface area contributed by atoms with Crippen molar-refractivity contribution in [2.45, 2.75) is 25.8 Å². The predicted molar refractivity (Wildman–Crippen MR) is 96.4 cm³/mol. The average Bonchev–Trinajstić information content (AvgIpc) is 3.23. The summed E-state index contributed by atoms with van der Waals surface area (Å²) in [5, 5.41) is 7.78. The lowest BCUT2D eigenvalue weighted by molar-refractivity contribution is 0.0563. The van der Waals surface area contributed by atoms with Crippen LogP contribution in [0.5, 0.6) is 0 Å². The molecule has 1 spiro atoms. The van der Waals surface area contributed by atoms with Crippen LogP contribution in [0.1, 0.15) is 35.2 Å². The molecule has 0 saturated carbocycles. The normalized spacial score (nSPS) is 24.8. The summed E-state index contributed by atoms with van der Waals surface area (Å²) in [5.74, 6) is 0.437. The summed E-state index contributed by atoms with van der Waals surface area (Å²) in [5.41, 5.74) is 1.29. The van der Waals surface area contributed by atoms with Crippen LogP contribution in [0.4, 0.5) is 0 Å². The molecule has 4 rings (SSSR count). The number of aromatic nitrogens is 3. The summed E-state index contributed by atoms with van der Waals surface area (Å²) in [6, 6.07) is 7.53. The highest BCUT2D eigenvalue weighted by molar-refractivity contribution is 7.91. The van der Waals surface area contributed by atoms with Gasteiger partial charge in [0.1, 0.15) is 0 Å². The van der Waals surface area contributed by atoms with Crippen LogP contribution in [0.3, 0.4) is 0 Å². The van der Waals surface area contributed by atoms with Crippen molar-refractivity contribution in [2.75, 3.05) is 24.6 Å². The highest BCUT2D eigenvalue weighted by Crippen LogP contribution is 2.40. The molecule has 0 bridgehead atoms. The zero-order valence-electron chi connectivity index (χ0n) is 14.5. The van der Waals surface area contributed by atoms with E-state index in [1.165, 1.54) is 0 Å². The first kappa shape index (κ1) is 17.2. The zero-order chi connectivity index (χ0) is 18.2. The molecule has 0 N–H and O–H groups in total. The Bertz CT molecular complexity index is 910. The number of carbonyl (C=O) groups is 1. The van der Waals surface area contributed by atoms with Crippen LogP contribution in [0.2, 0.25) is 0 Å². The topological polar surface area (TPSA) is 85.2 Å². The molecule has 3 heterocycles. The minimum atomic E-state index is -2.97. The van der Waals surface area contributed by atoms with Gasteiger partial charge in [0.15, 0.2) is 9.84 Å². The number of likely N-dealkylation sites (tertiary alicyclic amines) is 1. The second kappa shape index (κ2) is 6.50. The van der Waals surface area contributed by atoms with E-state index in [2.05, 4.69) is 10.3 Å². The Morgan fingerprint density at radius 2 is 2.08 bits per heavy atom. The van der Waals surface area contributed by atoms with Gasteiger partial charge in [0.25, 0.3) is 5.91 Å². The quantitative estimate of drug-likeness (QED) is 0.810. The second-order valence-corrected chi connectivity index (χ2v) is 9.61. The van der Waals surface area contributed by atoms with Gasteiger partial charge in [0.2, 0.25) is 0 Å². The van der Waals surface area contributed by atoms with Crippen molar-refractivity contribution < 1.29 is 13.2 Å². The van der Waals surface area contributed by atoms with Crippen molar-refractivity contribution in [3.8, 4) is 0 Å². The molecule has 2 aromatic rings. The van der Waals surface area contributed by atoms with Gasteiger partial charge < -0.3 is 4.90 Å². The Balaban J connectivity index is 1.56. The predicted octanol–water partition coefficient (Wildman–Crippen LogP) is 1.37. The van der Waals surface area contributed by atoms with Gasteiger partial charge >= 0.3 is 0 Å². The number of sulfone groups is 1. The molecular weight excluding hydrogens is 352 g/mol. The Hall–Kier alpha value is -2.22. The van der Waals surface area contributed by atoms with Crippen LogP contribution < -0.4 is 0 Å². The van der Waals surface area contributed by atoms with Gasteiger partial charge in [0, 0.05) is 30.3 Å². The molecule has 0 radical (unpaired) electrons. The van der Waals surface area contributed by atoms with E-state index in [1.54, 1.807) is 17.1 Å². The van der Waals surface area contributed by atoms with Crippen molar-refractivity contribution in [1.82, 2.24) is 19.9 Å². The number of nitrogens with zero attached hydrogens (tertiary/aromatic N) is 4. The molecule has 0 aliphatic carbocycles. The summed E-state index contributed by atoms with van der Waals surface area (Å²) in [6.07, 6.45) is 5.78. The van der Waals surface area contributed by atoms with E-state index in [0.717, 1.165) is 18.4 Å². The lowest BCUT2D eigenvalue weighted by Crippen LogP contribution is -2.47. The molecule has 2 saturated heterocycles. The van der Waals surface area contributed by atoms with E-state index in [9.17, 15) is 13.2 Å². The molecule has 1 atom stereocenters. The van der Waals surface area contributed by atoms with E-state index in [0.29, 0.717) is 31.6 Å². The van der Waals surface area contributed by atoms with Crippen molar-refractivity contribution in [3.05, 3.63) is 47.8 Å². The van der Waals surface area contributed by atoms with Gasteiger partial charge in [0.05, 0.1) is 24.2 Å². The molecule has 2 fully saturated rings. The first-order valence-corrected chi connectivity index (χ1v) is 10.7. The van der Waals surface area contributed by atoms with E-state index < -0.39 is 9.84 Å². The average molecular weight is 374 g/mol. The van der Waals surface area contributed by atoms with Crippen LogP contribution in [-0.2, 0) is 16.4 Å². The first-order chi connectivity index (χ1) is 12.5. The van der Waals surface area contributed by atoms with Crippen molar-refractivity contribution in [3.63, 3.8) is 0 Å². The van der Waals surface area contributed by atoms with Gasteiger partial charge in [-0.05, 0) is 30.9 Å². The largest absolute Gasteiger partial charge is 0.338 e. The van der Waals surface area contributed by atoms with Gasteiger partial charge in [-0.1, -0.05) is 23.4 Å². The first-order valence-electron chi connectivity index (χ1n) is 8.88. The zero-order valence-corrected chi connectivity index (χ0v) is 15.4. The number of benzene rings is 1. The van der Waals surface area contributed by atoms with Gasteiger partial charge in [-0.3, -0.25) is 4.79 Å². The van der Waals surface area contributed by atoms with E-state index >= 15 is 0 Å². The molecule has 1 aromatic heterocycles. The number of hydrogen-bond acceptors (Lipinski definition) is 5. The standard InChI is InChI=1S/C18H22N4O3S/c23-17(16-5-2-1-4-15(16)12-22-10-8-19-20-22)21-9-3-6-18(13-21)7-11-26(24,25)14-18/h1-2,4-5,8,10H,3,6-7,9,11-14H2. The highest BCUT2D eigenvalue weighted by Gasteiger charge is 2.45. The molecule has 26 heavy (non-hydrogen) atoms. The molecule has 8 heteroatoms. The van der Waals surface area contributed by atoms with E-state index in [1.807, 2.05) is 29.2 Å². The fraction of sp³-hybridized carbons (Fsp3) is 0.500. The maximum absolute atomic E-state index is 13.2. The van der Waals surface area contributed by atoms with Crippen LogP contribution >= 0.6 is 0 Å². The third kappa shape index (κ3) is 3.38.